The molecular formula is C22H27FN4O2. The maximum Gasteiger partial charge on any atom is 0.251 e. The number of halogens is 1. The molecule has 0 aliphatic carbocycles. The summed E-state index contributed by atoms with van der Waals surface area (Å²) in [5, 5.41) is 2.83. The van der Waals surface area contributed by atoms with Crippen LogP contribution in [0.3, 0.4) is 0 Å². The van der Waals surface area contributed by atoms with Crippen LogP contribution in [0.2, 0.25) is 0 Å². The molecule has 0 bridgehead atoms. The van der Waals surface area contributed by atoms with E-state index in [1.807, 2.05) is 30.9 Å². The quantitative estimate of drug-likeness (QED) is 0.811. The van der Waals surface area contributed by atoms with Gasteiger partial charge in [0.2, 0.25) is 5.91 Å². The lowest BCUT2D eigenvalue weighted by Gasteiger charge is -2.37. The van der Waals surface area contributed by atoms with Crippen molar-refractivity contribution in [1.82, 2.24) is 20.1 Å². The minimum Gasteiger partial charge on any atom is -0.340 e. The summed E-state index contributed by atoms with van der Waals surface area (Å²) in [6, 6.07) is 8.70. The number of benzene rings is 1. The Morgan fingerprint density at radius 3 is 2.24 bits per heavy atom. The van der Waals surface area contributed by atoms with Crippen molar-refractivity contribution in [2.45, 2.75) is 26.4 Å². The largest absolute Gasteiger partial charge is 0.340 e. The van der Waals surface area contributed by atoms with Crippen molar-refractivity contribution in [1.29, 1.82) is 0 Å². The van der Waals surface area contributed by atoms with Gasteiger partial charge in [0.25, 0.3) is 5.91 Å². The summed E-state index contributed by atoms with van der Waals surface area (Å²) in [6.45, 7) is 7.47. The summed E-state index contributed by atoms with van der Waals surface area (Å²) in [5.41, 5.74) is 1.54. The minimum absolute atomic E-state index is 0.0539. The number of hydrogen-bond donors (Lipinski definition) is 1. The molecule has 1 fully saturated rings. The smallest absolute Gasteiger partial charge is 0.251 e. The van der Waals surface area contributed by atoms with Crippen LogP contribution in [0, 0.1) is 11.7 Å². The van der Waals surface area contributed by atoms with E-state index in [1.54, 1.807) is 12.4 Å². The molecular weight excluding hydrogens is 371 g/mol. The highest BCUT2D eigenvalue weighted by Crippen LogP contribution is 2.13. The predicted octanol–water partition coefficient (Wildman–Crippen LogP) is 2.32. The topological polar surface area (TPSA) is 65.5 Å². The van der Waals surface area contributed by atoms with Gasteiger partial charge in [0.15, 0.2) is 0 Å². The molecule has 6 nitrogen and oxygen atoms in total. The minimum atomic E-state index is -0.612. The van der Waals surface area contributed by atoms with Gasteiger partial charge in [-0.2, -0.15) is 0 Å². The number of rotatable bonds is 6. The molecule has 2 aromatic rings. The summed E-state index contributed by atoms with van der Waals surface area (Å²) < 4.78 is 13.1. The lowest BCUT2D eigenvalue weighted by atomic mass is 10.0. The lowest BCUT2D eigenvalue weighted by Crippen LogP contribution is -2.56. The van der Waals surface area contributed by atoms with Crippen LogP contribution < -0.4 is 5.32 Å². The van der Waals surface area contributed by atoms with E-state index in [9.17, 15) is 14.0 Å². The third kappa shape index (κ3) is 5.60. The number of nitrogens with zero attached hydrogens (tertiary/aromatic N) is 3. The first-order valence-electron chi connectivity index (χ1n) is 9.90. The number of amides is 2. The zero-order chi connectivity index (χ0) is 20.8. The van der Waals surface area contributed by atoms with E-state index < -0.39 is 11.9 Å². The van der Waals surface area contributed by atoms with Crippen LogP contribution in [0.5, 0.6) is 0 Å². The molecule has 1 unspecified atom stereocenters. The van der Waals surface area contributed by atoms with Gasteiger partial charge in [-0.15, -0.1) is 0 Å². The fourth-order valence-corrected chi connectivity index (χ4v) is 3.41. The van der Waals surface area contributed by atoms with Crippen molar-refractivity contribution in [2.24, 2.45) is 5.92 Å². The van der Waals surface area contributed by atoms with E-state index in [-0.39, 0.29) is 17.7 Å². The van der Waals surface area contributed by atoms with Gasteiger partial charge in [-0.3, -0.25) is 19.5 Å². The van der Waals surface area contributed by atoms with E-state index in [0.29, 0.717) is 18.7 Å². The van der Waals surface area contributed by atoms with E-state index in [1.165, 1.54) is 29.8 Å². The van der Waals surface area contributed by atoms with Crippen LogP contribution in [-0.2, 0) is 11.3 Å². The summed E-state index contributed by atoms with van der Waals surface area (Å²) in [5.74, 6) is -0.892. The lowest BCUT2D eigenvalue weighted by molar-refractivity contribution is -0.136. The normalized spacial score (nSPS) is 15.9. The SMILES string of the molecule is CC(C)C(NC(=O)c1ccc(F)cc1)C(=O)N1CCN(Cc2ccncc2)CC1. The fourth-order valence-electron chi connectivity index (χ4n) is 3.41. The van der Waals surface area contributed by atoms with E-state index in [2.05, 4.69) is 15.2 Å². The molecule has 29 heavy (non-hydrogen) atoms. The second-order valence-corrected chi connectivity index (χ2v) is 7.66. The zero-order valence-electron chi connectivity index (χ0n) is 16.8. The molecule has 1 atom stereocenters. The summed E-state index contributed by atoms with van der Waals surface area (Å²) in [7, 11) is 0. The Morgan fingerprint density at radius 1 is 1.03 bits per heavy atom. The number of nitrogens with one attached hydrogen (secondary N) is 1. The Hall–Kier alpha value is -2.80. The molecule has 2 amide bonds. The third-order valence-electron chi connectivity index (χ3n) is 5.17. The Kier molecular flexibility index (Phi) is 6.93. The van der Waals surface area contributed by atoms with Crippen molar-refractivity contribution < 1.29 is 14.0 Å². The van der Waals surface area contributed by atoms with Crippen LogP contribution in [0.4, 0.5) is 4.39 Å². The van der Waals surface area contributed by atoms with Gasteiger partial charge in [-0.25, -0.2) is 4.39 Å². The zero-order valence-corrected chi connectivity index (χ0v) is 16.8. The first kappa shape index (κ1) is 20.9. The van der Waals surface area contributed by atoms with E-state index in [0.717, 1.165) is 19.6 Å². The molecule has 7 heteroatoms. The second kappa shape index (κ2) is 9.60. The number of piperazine rings is 1. The van der Waals surface area contributed by atoms with Crippen LogP contribution in [-0.4, -0.2) is 58.8 Å². The first-order valence-corrected chi connectivity index (χ1v) is 9.90. The highest BCUT2D eigenvalue weighted by Gasteiger charge is 2.31. The fraction of sp³-hybridized carbons (Fsp3) is 0.409. The van der Waals surface area contributed by atoms with E-state index in [4.69, 9.17) is 0 Å². The van der Waals surface area contributed by atoms with E-state index >= 15 is 0 Å². The molecule has 2 heterocycles. The number of aromatic nitrogens is 1. The Balaban J connectivity index is 1.57. The Labute approximate surface area is 170 Å². The molecule has 1 aliphatic heterocycles. The van der Waals surface area contributed by atoms with Crippen LogP contribution in [0.15, 0.2) is 48.8 Å². The Bertz CT molecular complexity index is 818. The molecule has 1 saturated heterocycles. The van der Waals surface area contributed by atoms with Gasteiger partial charge in [-0.1, -0.05) is 13.8 Å². The highest BCUT2D eigenvalue weighted by atomic mass is 19.1. The number of carbonyl (C=O) groups is 2. The first-order chi connectivity index (χ1) is 13.9. The van der Waals surface area contributed by atoms with Gasteiger partial charge < -0.3 is 10.2 Å². The van der Waals surface area contributed by atoms with Crippen molar-refractivity contribution in [2.75, 3.05) is 26.2 Å². The second-order valence-electron chi connectivity index (χ2n) is 7.66. The Morgan fingerprint density at radius 2 is 1.66 bits per heavy atom. The van der Waals surface area contributed by atoms with Crippen molar-refractivity contribution in [3.63, 3.8) is 0 Å². The van der Waals surface area contributed by atoms with Gasteiger partial charge in [0.05, 0.1) is 0 Å². The molecule has 0 radical (unpaired) electrons. The number of hydrogen-bond acceptors (Lipinski definition) is 4. The van der Waals surface area contributed by atoms with Crippen molar-refractivity contribution in [3.05, 3.63) is 65.7 Å². The van der Waals surface area contributed by atoms with Crippen LogP contribution >= 0.6 is 0 Å². The number of carbonyl (C=O) groups excluding carboxylic acids is 2. The van der Waals surface area contributed by atoms with Crippen LogP contribution in [0.1, 0.15) is 29.8 Å². The molecule has 3 rings (SSSR count). The van der Waals surface area contributed by atoms with Crippen molar-refractivity contribution in [3.8, 4) is 0 Å². The average molecular weight is 398 g/mol. The van der Waals surface area contributed by atoms with Gasteiger partial charge >= 0.3 is 0 Å². The molecule has 1 aliphatic rings. The molecule has 154 valence electrons. The summed E-state index contributed by atoms with van der Waals surface area (Å²) >= 11 is 0. The predicted molar refractivity (Wildman–Crippen MR) is 109 cm³/mol. The summed E-state index contributed by atoms with van der Waals surface area (Å²) in [4.78, 5) is 33.7. The highest BCUT2D eigenvalue weighted by molar-refractivity contribution is 5.97. The monoisotopic (exact) mass is 398 g/mol. The van der Waals surface area contributed by atoms with Crippen LogP contribution in [0.25, 0.3) is 0 Å². The van der Waals surface area contributed by atoms with Gasteiger partial charge in [0, 0.05) is 50.7 Å². The molecule has 1 aromatic carbocycles. The molecule has 1 N–H and O–H groups in total. The maximum atomic E-state index is 13.1. The third-order valence-corrected chi connectivity index (χ3v) is 5.17. The average Bonchev–Trinajstić information content (AvgIpc) is 2.73. The van der Waals surface area contributed by atoms with Crippen molar-refractivity contribution >= 4 is 11.8 Å². The summed E-state index contributed by atoms with van der Waals surface area (Å²) in [6.07, 6.45) is 3.57. The van der Waals surface area contributed by atoms with Gasteiger partial charge in [-0.05, 0) is 47.9 Å². The maximum absolute atomic E-state index is 13.1. The molecule has 0 spiro atoms. The standard InChI is InChI=1S/C22H27FN4O2/c1-16(2)20(25-21(28)18-3-5-19(23)6-4-18)22(29)27-13-11-26(12-14-27)15-17-7-9-24-10-8-17/h3-10,16,20H,11-15H2,1-2H3,(H,25,28). The van der Waals surface area contributed by atoms with Gasteiger partial charge in [0.1, 0.15) is 11.9 Å². The molecule has 0 saturated carbocycles. The molecule has 1 aromatic heterocycles. The number of pyridine rings is 1.